The number of nitrogens with two attached hydrogens (primary N) is 4. The Kier molecular flexibility index (Phi) is 75.5. The number of rotatable bonds is 2. The molecule has 4 nitrogen and oxygen atoms in total. The second kappa shape index (κ2) is 29.3. The summed E-state index contributed by atoms with van der Waals surface area (Å²) in [5, 5.41) is 0. The maximum atomic E-state index is 5.17. The molecule has 0 fully saturated rings. The Morgan fingerprint density at radius 1 is 0.786 bits per heavy atom. The molecule has 0 aromatic carbocycles. The van der Waals surface area contributed by atoms with Crippen molar-refractivity contribution < 1.29 is 59.6 Å². The molecule has 96 valence electrons. The van der Waals surface area contributed by atoms with Crippen LogP contribution in [0.15, 0.2) is 0 Å². The van der Waals surface area contributed by atoms with Gasteiger partial charge in [0.15, 0.2) is 0 Å². The van der Waals surface area contributed by atoms with Crippen molar-refractivity contribution in [2.24, 2.45) is 22.9 Å². The molecule has 2 atom stereocenters. The van der Waals surface area contributed by atoms with Crippen LogP contribution in [0, 0.1) is 0 Å². The van der Waals surface area contributed by atoms with Gasteiger partial charge in [0.25, 0.3) is 0 Å². The van der Waals surface area contributed by atoms with Crippen molar-refractivity contribution in [1.29, 1.82) is 0 Å². The first kappa shape index (κ1) is 36.1. The molecule has 8 N–H and O–H groups in total. The number of halogens is 3. The maximum absolute atomic E-state index is 5.17. The zero-order valence-corrected chi connectivity index (χ0v) is 12.7. The summed E-state index contributed by atoms with van der Waals surface area (Å²) in [5.41, 5.74) is 20.4. The summed E-state index contributed by atoms with van der Waals surface area (Å²) in [6.07, 6.45) is 0. The van der Waals surface area contributed by atoms with E-state index in [4.69, 9.17) is 22.9 Å². The normalized spacial score (nSPS) is 10.7. The zero-order chi connectivity index (χ0) is 8.57. The van der Waals surface area contributed by atoms with E-state index in [0.29, 0.717) is 13.1 Å². The van der Waals surface area contributed by atoms with Gasteiger partial charge in [0.05, 0.1) is 0 Å². The Morgan fingerprint density at radius 2 is 0.857 bits per heavy atom. The predicted molar refractivity (Wildman–Crippen MR) is 45.4 cm³/mol. The van der Waals surface area contributed by atoms with Gasteiger partial charge in [0.1, 0.15) is 0 Å². The fourth-order valence-electron chi connectivity index (χ4n) is 0. The van der Waals surface area contributed by atoms with Crippen LogP contribution in [0.3, 0.4) is 0 Å². The van der Waals surface area contributed by atoms with E-state index in [-0.39, 0.29) is 71.7 Å². The number of hydrogen-bond donors (Lipinski definition) is 4. The first-order chi connectivity index (χ1) is 4.54. The third-order valence-electron chi connectivity index (χ3n) is 0.744. The smallest absolute Gasteiger partial charge is 1.00 e. The largest absolute Gasteiger partial charge is 3.00 e. The molecule has 0 aromatic heterocycles. The summed E-state index contributed by atoms with van der Waals surface area (Å²) in [7, 11) is 0. The van der Waals surface area contributed by atoms with E-state index < -0.39 is 0 Å². The van der Waals surface area contributed by atoms with Crippen LogP contribution >= 0.6 is 0 Å². The van der Waals surface area contributed by atoms with Gasteiger partial charge in [-0.2, -0.15) is 0 Å². The Bertz CT molecular complexity index is 61.0. The van der Waals surface area contributed by atoms with Crippen molar-refractivity contribution in [3.63, 3.8) is 0 Å². The molecule has 0 spiro atoms. The molecule has 0 saturated heterocycles. The van der Waals surface area contributed by atoms with E-state index in [1.165, 1.54) is 0 Å². The molecule has 0 heterocycles. The molecule has 14 heavy (non-hydrogen) atoms. The van der Waals surface area contributed by atoms with E-state index in [1.54, 1.807) is 0 Å². The van der Waals surface area contributed by atoms with Gasteiger partial charge in [-0.15, -0.1) is 0 Å². The summed E-state index contributed by atoms with van der Waals surface area (Å²) in [5.74, 6) is 0. The summed E-state index contributed by atoms with van der Waals surface area (Å²) in [6, 6.07) is 0.324. The Balaban J connectivity index is -0.0000000178. The standard InChI is InChI=1S/2C3H10N2.Au.3ClH/c2*1-3(5)2-4;;;;/h2*3H,2,4-5H2,1H3;;3*1H/q;;+3;;;/p-3. The van der Waals surface area contributed by atoms with Gasteiger partial charge in [0, 0.05) is 25.2 Å². The molecular weight excluding hydrogens is 431 g/mol. The summed E-state index contributed by atoms with van der Waals surface area (Å²) < 4.78 is 0. The van der Waals surface area contributed by atoms with E-state index in [1.807, 2.05) is 13.8 Å². The van der Waals surface area contributed by atoms with Gasteiger partial charge in [0.2, 0.25) is 0 Å². The molecule has 0 aliphatic heterocycles. The SMILES string of the molecule is CC(N)CN.CC(N)CN.[Au+3].[Cl-].[Cl-].[Cl-]. The van der Waals surface area contributed by atoms with Crippen LogP contribution in [0.25, 0.3) is 0 Å². The van der Waals surface area contributed by atoms with Crippen molar-refractivity contribution in [2.75, 3.05) is 13.1 Å². The summed E-state index contributed by atoms with van der Waals surface area (Å²) in [6.45, 7) is 4.92. The van der Waals surface area contributed by atoms with Crippen LogP contribution in [0.1, 0.15) is 13.8 Å². The average Bonchev–Trinajstić information content (AvgIpc) is 1.89. The van der Waals surface area contributed by atoms with Gasteiger partial charge in [-0.25, -0.2) is 0 Å². The number of hydrogen-bond acceptors (Lipinski definition) is 4. The molecule has 0 aliphatic rings. The molecule has 0 rings (SSSR count). The van der Waals surface area contributed by atoms with Crippen molar-refractivity contribution in [1.82, 2.24) is 0 Å². The van der Waals surface area contributed by atoms with Gasteiger partial charge in [-0.3, -0.25) is 0 Å². The third-order valence-corrected chi connectivity index (χ3v) is 0.744. The molecule has 0 aromatic rings. The van der Waals surface area contributed by atoms with Gasteiger partial charge in [-0.1, -0.05) is 0 Å². The average molecular weight is 452 g/mol. The minimum absolute atomic E-state index is 0. The minimum atomic E-state index is 0. The monoisotopic (exact) mass is 450 g/mol. The molecule has 0 radical (unpaired) electrons. The molecule has 0 bridgehead atoms. The molecule has 8 heteroatoms. The van der Waals surface area contributed by atoms with Crippen molar-refractivity contribution in [3.05, 3.63) is 0 Å². The maximum Gasteiger partial charge on any atom is 3.00 e. The van der Waals surface area contributed by atoms with Crippen LogP contribution in [-0.2, 0) is 22.4 Å². The molecular formula is C6H20AuCl3N4. The first-order valence-electron chi connectivity index (χ1n) is 3.45. The fourth-order valence-corrected chi connectivity index (χ4v) is 0. The van der Waals surface area contributed by atoms with Crippen LogP contribution in [-0.4, -0.2) is 25.2 Å². The predicted octanol–water partition coefficient (Wildman–Crippen LogP) is -10.4. The molecule has 0 saturated carbocycles. The topological polar surface area (TPSA) is 104 Å². The van der Waals surface area contributed by atoms with Gasteiger partial charge < -0.3 is 60.2 Å². The summed E-state index contributed by atoms with van der Waals surface area (Å²) >= 11 is 0. The van der Waals surface area contributed by atoms with E-state index >= 15 is 0 Å². The Morgan fingerprint density at radius 3 is 0.857 bits per heavy atom. The molecule has 2 unspecified atom stereocenters. The van der Waals surface area contributed by atoms with Crippen molar-refractivity contribution in [3.8, 4) is 0 Å². The third kappa shape index (κ3) is 70.2. The van der Waals surface area contributed by atoms with E-state index in [0.717, 1.165) is 0 Å². The van der Waals surface area contributed by atoms with Gasteiger partial charge >= 0.3 is 22.4 Å². The fraction of sp³-hybridized carbons (Fsp3) is 1.00. The minimum Gasteiger partial charge on any atom is -1.00 e. The second-order valence-corrected chi connectivity index (χ2v) is 2.43. The van der Waals surface area contributed by atoms with Crippen LogP contribution < -0.4 is 60.2 Å². The summed E-state index contributed by atoms with van der Waals surface area (Å²) in [4.78, 5) is 0. The van der Waals surface area contributed by atoms with Crippen LogP contribution in [0.2, 0.25) is 0 Å². The van der Waals surface area contributed by atoms with E-state index in [9.17, 15) is 0 Å². The van der Waals surface area contributed by atoms with Crippen LogP contribution in [0.4, 0.5) is 0 Å². The first-order valence-corrected chi connectivity index (χ1v) is 3.45. The Hall–Kier alpha value is 1.45. The molecule has 0 aliphatic carbocycles. The van der Waals surface area contributed by atoms with Crippen molar-refractivity contribution >= 4 is 0 Å². The zero-order valence-electron chi connectivity index (χ0n) is 8.31. The Labute approximate surface area is 121 Å². The quantitative estimate of drug-likeness (QED) is 0.313. The molecule has 0 amide bonds. The second-order valence-electron chi connectivity index (χ2n) is 2.43. The van der Waals surface area contributed by atoms with Crippen LogP contribution in [0.5, 0.6) is 0 Å². The van der Waals surface area contributed by atoms with Crippen molar-refractivity contribution in [2.45, 2.75) is 25.9 Å². The van der Waals surface area contributed by atoms with E-state index in [2.05, 4.69) is 0 Å². The van der Waals surface area contributed by atoms with Gasteiger partial charge in [-0.05, 0) is 13.8 Å².